The summed E-state index contributed by atoms with van der Waals surface area (Å²) in [4.78, 5) is 10.6. The maximum absolute atomic E-state index is 11.0. The molecule has 0 spiro atoms. The molecule has 0 saturated carbocycles. The molecule has 7 heteroatoms. The van der Waals surface area contributed by atoms with Gasteiger partial charge in [0.05, 0.1) is 4.92 Å². The minimum atomic E-state index is -0.389. The zero-order valence-electron chi connectivity index (χ0n) is 9.93. The van der Waals surface area contributed by atoms with Gasteiger partial charge in [-0.1, -0.05) is 0 Å². The maximum atomic E-state index is 11.0. The molecule has 100 valence electrons. The minimum absolute atomic E-state index is 0.0313. The van der Waals surface area contributed by atoms with Gasteiger partial charge in [-0.25, -0.2) is 0 Å². The van der Waals surface area contributed by atoms with Gasteiger partial charge < -0.3 is 10.4 Å². The summed E-state index contributed by atoms with van der Waals surface area (Å²) in [6.45, 7) is 0.0659. The van der Waals surface area contributed by atoms with Crippen LogP contribution in [0.3, 0.4) is 0 Å². The van der Waals surface area contributed by atoms with Gasteiger partial charge in [-0.15, -0.1) is 0 Å². The molecule has 1 atom stereocenters. The summed E-state index contributed by atoms with van der Waals surface area (Å²) in [5, 5.41) is 23.1. The molecule has 0 amide bonds. The predicted octanol–water partition coefficient (Wildman–Crippen LogP) is 2.73. The van der Waals surface area contributed by atoms with E-state index >= 15 is 0 Å². The van der Waals surface area contributed by atoms with Gasteiger partial charge in [-0.2, -0.15) is 11.8 Å². The molecule has 0 radical (unpaired) electrons. The maximum Gasteiger partial charge on any atom is 0.293 e. The lowest BCUT2D eigenvalue weighted by molar-refractivity contribution is -0.384. The van der Waals surface area contributed by atoms with Crippen molar-refractivity contribution in [1.82, 2.24) is 0 Å². The molecule has 0 aliphatic carbocycles. The molecule has 1 aromatic carbocycles. The van der Waals surface area contributed by atoms with Crippen molar-refractivity contribution in [3.63, 3.8) is 0 Å². The number of aliphatic hydroxyl groups is 1. The number of nitro groups is 1. The molecular formula is C11H15IN2O3S. The average molecular weight is 382 g/mol. The van der Waals surface area contributed by atoms with Crippen molar-refractivity contribution < 1.29 is 10.0 Å². The summed E-state index contributed by atoms with van der Waals surface area (Å²) in [5.41, 5.74) is 0.582. The smallest absolute Gasteiger partial charge is 0.293 e. The Balaban J connectivity index is 2.90. The predicted molar refractivity (Wildman–Crippen MR) is 83.3 cm³/mol. The Morgan fingerprint density at radius 2 is 2.33 bits per heavy atom. The zero-order chi connectivity index (χ0) is 13.5. The Kier molecular flexibility index (Phi) is 6.72. The Bertz CT molecular complexity index is 411. The SMILES string of the molecule is CSCC(CCO)Nc1ccc(I)cc1[N+](=O)[O-]. The lowest BCUT2D eigenvalue weighted by atomic mass is 10.2. The van der Waals surface area contributed by atoms with Crippen molar-refractivity contribution >= 4 is 45.7 Å². The number of aliphatic hydroxyl groups excluding tert-OH is 1. The number of halogens is 1. The Morgan fingerprint density at radius 1 is 1.61 bits per heavy atom. The second-order valence-electron chi connectivity index (χ2n) is 3.73. The first-order valence-electron chi connectivity index (χ1n) is 5.38. The highest BCUT2D eigenvalue weighted by atomic mass is 127. The standard InChI is InChI=1S/C11H15IN2O3S/c1-18-7-9(4-5-15)13-10-3-2-8(12)6-11(10)14(16)17/h2-3,6,9,13,15H,4-5,7H2,1H3. The summed E-state index contributed by atoms with van der Waals surface area (Å²) in [7, 11) is 0. The topological polar surface area (TPSA) is 75.4 Å². The molecule has 5 nitrogen and oxygen atoms in total. The van der Waals surface area contributed by atoms with Crippen molar-refractivity contribution in [3.8, 4) is 0 Å². The van der Waals surface area contributed by atoms with E-state index < -0.39 is 0 Å². The number of hydrogen-bond donors (Lipinski definition) is 2. The summed E-state index contributed by atoms with van der Waals surface area (Å²) in [5.74, 6) is 0.795. The summed E-state index contributed by atoms with van der Waals surface area (Å²) >= 11 is 3.69. The second-order valence-corrected chi connectivity index (χ2v) is 5.88. The van der Waals surface area contributed by atoms with Crippen LogP contribution in [0.25, 0.3) is 0 Å². The molecular weight excluding hydrogens is 367 g/mol. The van der Waals surface area contributed by atoms with Crippen LogP contribution in [0.1, 0.15) is 6.42 Å². The first kappa shape index (κ1) is 15.5. The van der Waals surface area contributed by atoms with E-state index in [1.807, 2.05) is 34.9 Å². The minimum Gasteiger partial charge on any atom is -0.396 e. The van der Waals surface area contributed by atoms with E-state index in [1.54, 1.807) is 17.8 Å². The third kappa shape index (κ3) is 4.62. The number of nitrogens with zero attached hydrogens (tertiary/aromatic N) is 1. The van der Waals surface area contributed by atoms with Gasteiger partial charge in [0.15, 0.2) is 0 Å². The number of nitro benzene ring substituents is 1. The quantitative estimate of drug-likeness (QED) is 0.431. The summed E-state index contributed by atoms with van der Waals surface area (Å²) in [6, 6.07) is 5.11. The fourth-order valence-electron chi connectivity index (χ4n) is 1.55. The number of nitrogens with one attached hydrogen (secondary N) is 1. The first-order chi connectivity index (χ1) is 8.58. The van der Waals surface area contributed by atoms with E-state index in [0.29, 0.717) is 12.1 Å². The molecule has 18 heavy (non-hydrogen) atoms. The van der Waals surface area contributed by atoms with Crippen LogP contribution >= 0.6 is 34.4 Å². The Morgan fingerprint density at radius 3 is 2.89 bits per heavy atom. The van der Waals surface area contributed by atoms with Crippen molar-refractivity contribution in [2.24, 2.45) is 0 Å². The van der Waals surface area contributed by atoms with Gasteiger partial charge in [-0.3, -0.25) is 10.1 Å². The highest BCUT2D eigenvalue weighted by Crippen LogP contribution is 2.27. The van der Waals surface area contributed by atoms with Crippen LogP contribution in [0, 0.1) is 13.7 Å². The van der Waals surface area contributed by atoms with Crippen LogP contribution in [0.5, 0.6) is 0 Å². The highest BCUT2D eigenvalue weighted by Gasteiger charge is 2.17. The van der Waals surface area contributed by atoms with Gasteiger partial charge in [-0.05, 0) is 47.4 Å². The van der Waals surface area contributed by atoms with Crippen LogP contribution < -0.4 is 5.32 Å². The number of thioether (sulfide) groups is 1. The lowest BCUT2D eigenvalue weighted by Gasteiger charge is -2.18. The molecule has 0 fully saturated rings. The Hall–Kier alpha value is -0.540. The molecule has 0 bridgehead atoms. The van der Waals surface area contributed by atoms with E-state index in [9.17, 15) is 10.1 Å². The van der Waals surface area contributed by atoms with Crippen molar-refractivity contribution in [2.75, 3.05) is 23.9 Å². The normalized spacial score (nSPS) is 12.2. The van der Waals surface area contributed by atoms with Crippen LogP contribution in [0.4, 0.5) is 11.4 Å². The zero-order valence-corrected chi connectivity index (χ0v) is 12.9. The largest absolute Gasteiger partial charge is 0.396 e. The fourth-order valence-corrected chi connectivity index (χ4v) is 2.68. The van der Waals surface area contributed by atoms with Gasteiger partial charge in [0.1, 0.15) is 5.69 Å². The van der Waals surface area contributed by atoms with Crippen LogP contribution in [0.15, 0.2) is 18.2 Å². The monoisotopic (exact) mass is 382 g/mol. The molecule has 1 aromatic rings. The lowest BCUT2D eigenvalue weighted by Crippen LogP contribution is -2.24. The van der Waals surface area contributed by atoms with E-state index in [2.05, 4.69) is 5.32 Å². The molecule has 0 saturated heterocycles. The number of hydrogen-bond acceptors (Lipinski definition) is 5. The van der Waals surface area contributed by atoms with E-state index in [4.69, 9.17) is 5.11 Å². The first-order valence-corrected chi connectivity index (χ1v) is 7.86. The number of benzene rings is 1. The molecule has 0 aliphatic rings. The van der Waals surface area contributed by atoms with Crippen molar-refractivity contribution in [2.45, 2.75) is 12.5 Å². The van der Waals surface area contributed by atoms with E-state index in [0.717, 1.165) is 9.32 Å². The average Bonchev–Trinajstić information content (AvgIpc) is 2.32. The number of rotatable bonds is 7. The third-order valence-electron chi connectivity index (χ3n) is 2.36. The fraction of sp³-hybridized carbons (Fsp3) is 0.455. The van der Waals surface area contributed by atoms with Gasteiger partial charge in [0, 0.05) is 28.0 Å². The van der Waals surface area contributed by atoms with Crippen LogP contribution in [-0.4, -0.2) is 34.7 Å². The summed E-state index contributed by atoms with van der Waals surface area (Å²) < 4.78 is 0.827. The van der Waals surface area contributed by atoms with Gasteiger partial charge >= 0.3 is 0 Å². The number of anilines is 1. The van der Waals surface area contributed by atoms with Crippen molar-refractivity contribution in [3.05, 3.63) is 31.9 Å². The Labute approximate surface area is 124 Å². The van der Waals surface area contributed by atoms with Gasteiger partial charge in [0.2, 0.25) is 0 Å². The molecule has 2 N–H and O–H groups in total. The molecule has 0 aromatic heterocycles. The molecule has 0 aliphatic heterocycles. The van der Waals surface area contributed by atoms with Crippen LogP contribution in [0.2, 0.25) is 0 Å². The third-order valence-corrected chi connectivity index (χ3v) is 3.77. The van der Waals surface area contributed by atoms with Crippen LogP contribution in [-0.2, 0) is 0 Å². The highest BCUT2D eigenvalue weighted by molar-refractivity contribution is 14.1. The van der Waals surface area contributed by atoms with E-state index in [-0.39, 0.29) is 23.3 Å². The van der Waals surface area contributed by atoms with Gasteiger partial charge in [0.25, 0.3) is 5.69 Å². The summed E-state index contributed by atoms with van der Waals surface area (Å²) in [6.07, 6.45) is 2.54. The van der Waals surface area contributed by atoms with E-state index in [1.165, 1.54) is 6.07 Å². The molecule has 1 unspecified atom stereocenters. The van der Waals surface area contributed by atoms with Crippen molar-refractivity contribution in [1.29, 1.82) is 0 Å². The molecule has 0 heterocycles. The molecule has 1 rings (SSSR count). The second kappa shape index (κ2) is 7.80.